The smallest absolute Gasteiger partial charge is 0.239 e. The van der Waals surface area contributed by atoms with Gasteiger partial charge in [-0.05, 0) is 24.3 Å². The van der Waals surface area contributed by atoms with E-state index in [2.05, 4.69) is 31.1 Å². The number of hydrogen-bond acceptors (Lipinski definition) is 3. The molecule has 0 rings (SSSR count). The summed E-state index contributed by atoms with van der Waals surface area (Å²) in [7, 11) is 0. The molecule has 2 N–H and O–H groups in total. The fourth-order valence-electron chi connectivity index (χ4n) is 0.911. The average molecular weight is 230 g/mol. The quantitative estimate of drug-likeness (QED) is 0.591. The number of carbonyl (C=O) groups is 1. The molecular weight excluding hydrogens is 208 g/mol. The highest BCUT2D eigenvalue weighted by Gasteiger charge is 1.98. The molecule has 0 aromatic carbocycles. The minimum atomic E-state index is 0.0272. The van der Waals surface area contributed by atoms with Gasteiger partial charge >= 0.3 is 0 Å². The Morgan fingerprint density at radius 1 is 1.47 bits per heavy atom. The van der Waals surface area contributed by atoms with Crippen molar-refractivity contribution in [1.29, 1.82) is 0 Å². The highest BCUT2D eigenvalue weighted by atomic mass is 32.2. The lowest BCUT2D eigenvalue weighted by atomic mass is 10.2. The summed E-state index contributed by atoms with van der Waals surface area (Å²) >= 11 is 1.89. The van der Waals surface area contributed by atoms with Crippen LogP contribution in [0, 0.1) is 5.92 Å². The van der Waals surface area contributed by atoms with Gasteiger partial charge in [0.2, 0.25) is 5.91 Å². The van der Waals surface area contributed by atoms with Crippen LogP contribution in [0.25, 0.3) is 0 Å². The predicted octanol–water partition coefficient (Wildman–Crippen LogP) is 1.61. The molecule has 0 saturated heterocycles. The number of hydrogen-bond donors (Lipinski definition) is 2. The first-order valence-electron chi connectivity index (χ1n) is 5.35. The second kappa shape index (κ2) is 9.90. The Morgan fingerprint density at radius 3 is 2.80 bits per heavy atom. The second-order valence-electron chi connectivity index (χ2n) is 3.73. The maximum absolute atomic E-state index is 11.1. The molecule has 0 heterocycles. The maximum atomic E-state index is 11.1. The molecular formula is C11H22N2OS. The molecule has 0 spiro atoms. The van der Waals surface area contributed by atoms with E-state index in [1.54, 1.807) is 0 Å². The molecule has 0 saturated carbocycles. The Labute approximate surface area is 97.1 Å². The molecule has 0 radical (unpaired) electrons. The molecule has 88 valence electrons. The van der Waals surface area contributed by atoms with E-state index in [4.69, 9.17) is 0 Å². The number of nitrogens with one attached hydrogen (secondary N) is 2. The molecule has 0 aliphatic carbocycles. The lowest BCUT2D eigenvalue weighted by molar-refractivity contribution is -0.119. The van der Waals surface area contributed by atoms with Gasteiger partial charge in [0, 0.05) is 12.3 Å². The van der Waals surface area contributed by atoms with Crippen molar-refractivity contribution in [2.45, 2.75) is 20.3 Å². The van der Waals surface area contributed by atoms with Crippen molar-refractivity contribution in [3.05, 3.63) is 12.8 Å². The topological polar surface area (TPSA) is 41.1 Å². The van der Waals surface area contributed by atoms with Crippen molar-refractivity contribution < 1.29 is 4.79 Å². The number of thioether (sulfide) groups is 1. The Hall–Kier alpha value is -0.640. The van der Waals surface area contributed by atoms with Gasteiger partial charge in [-0.15, -0.1) is 0 Å². The van der Waals surface area contributed by atoms with Crippen LogP contribution in [0.5, 0.6) is 0 Å². The molecule has 15 heavy (non-hydrogen) atoms. The van der Waals surface area contributed by atoms with Gasteiger partial charge in [-0.1, -0.05) is 20.4 Å². The van der Waals surface area contributed by atoms with E-state index in [0.29, 0.717) is 6.54 Å². The van der Waals surface area contributed by atoms with E-state index in [0.717, 1.165) is 18.2 Å². The van der Waals surface area contributed by atoms with Crippen molar-refractivity contribution in [3.8, 4) is 0 Å². The molecule has 0 unspecified atom stereocenters. The molecule has 1 amide bonds. The van der Waals surface area contributed by atoms with Crippen LogP contribution in [-0.4, -0.2) is 30.5 Å². The van der Waals surface area contributed by atoms with Gasteiger partial charge in [0.05, 0.1) is 6.54 Å². The van der Waals surface area contributed by atoms with E-state index in [1.807, 2.05) is 11.8 Å². The van der Waals surface area contributed by atoms with Crippen molar-refractivity contribution in [3.63, 3.8) is 0 Å². The fraction of sp³-hybridized carbons (Fsp3) is 0.727. The van der Waals surface area contributed by atoms with Gasteiger partial charge in [0.25, 0.3) is 0 Å². The standard InChI is InChI=1S/C11H22N2OS/c1-4-12-9-11(14)13-6-8-15-7-5-10(2)3/h4,10,12H,1,5-9H2,2-3H3,(H,13,14). The van der Waals surface area contributed by atoms with E-state index in [9.17, 15) is 4.79 Å². The summed E-state index contributed by atoms with van der Waals surface area (Å²) in [6, 6.07) is 0. The molecule has 0 aliphatic heterocycles. The van der Waals surface area contributed by atoms with E-state index < -0.39 is 0 Å². The lowest BCUT2D eigenvalue weighted by Crippen LogP contribution is -2.33. The highest BCUT2D eigenvalue weighted by molar-refractivity contribution is 7.99. The fourth-order valence-corrected chi connectivity index (χ4v) is 2.00. The molecule has 4 heteroatoms. The van der Waals surface area contributed by atoms with Crippen LogP contribution in [0.3, 0.4) is 0 Å². The molecule has 0 aromatic heterocycles. The number of rotatable bonds is 9. The summed E-state index contributed by atoms with van der Waals surface area (Å²) in [5, 5.41) is 5.60. The van der Waals surface area contributed by atoms with E-state index in [-0.39, 0.29) is 5.91 Å². The first-order valence-corrected chi connectivity index (χ1v) is 6.51. The minimum Gasteiger partial charge on any atom is -0.383 e. The van der Waals surface area contributed by atoms with Crippen molar-refractivity contribution in [1.82, 2.24) is 10.6 Å². The van der Waals surface area contributed by atoms with Gasteiger partial charge in [0.15, 0.2) is 0 Å². The molecule has 0 fully saturated rings. The normalized spacial score (nSPS) is 10.1. The second-order valence-corrected chi connectivity index (χ2v) is 4.95. The van der Waals surface area contributed by atoms with Gasteiger partial charge in [-0.2, -0.15) is 11.8 Å². The van der Waals surface area contributed by atoms with Crippen LogP contribution >= 0.6 is 11.8 Å². The predicted molar refractivity (Wildman–Crippen MR) is 68.0 cm³/mol. The summed E-state index contributed by atoms with van der Waals surface area (Å²) in [6.45, 7) is 9.00. The van der Waals surface area contributed by atoms with Crippen LogP contribution in [0.15, 0.2) is 12.8 Å². The van der Waals surface area contributed by atoms with Crippen molar-refractivity contribution in [2.24, 2.45) is 5.92 Å². The van der Waals surface area contributed by atoms with Crippen LogP contribution in [0.1, 0.15) is 20.3 Å². The van der Waals surface area contributed by atoms with Crippen LogP contribution < -0.4 is 10.6 Å². The summed E-state index contributed by atoms with van der Waals surface area (Å²) in [5.74, 6) is 2.97. The van der Waals surface area contributed by atoms with Gasteiger partial charge in [0.1, 0.15) is 0 Å². The largest absolute Gasteiger partial charge is 0.383 e. The van der Waals surface area contributed by atoms with Gasteiger partial charge in [-0.3, -0.25) is 4.79 Å². The number of amides is 1. The van der Waals surface area contributed by atoms with E-state index in [1.165, 1.54) is 18.4 Å². The zero-order valence-electron chi connectivity index (χ0n) is 9.71. The third kappa shape index (κ3) is 11.3. The van der Waals surface area contributed by atoms with Crippen molar-refractivity contribution >= 4 is 17.7 Å². The van der Waals surface area contributed by atoms with Crippen LogP contribution in [-0.2, 0) is 4.79 Å². The molecule has 0 bridgehead atoms. The van der Waals surface area contributed by atoms with Gasteiger partial charge in [-0.25, -0.2) is 0 Å². The third-order valence-electron chi connectivity index (χ3n) is 1.82. The average Bonchev–Trinajstić information content (AvgIpc) is 2.19. The zero-order chi connectivity index (χ0) is 11.5. The first kappa shape index (κ1) is 14.4. The Balaban J connectivity index is 3.16. The highest BCUT2D eigenvalue weighted by Crippen LogP contribution is 2.07. The minimum absolute atomic E-state index is 0.0272. The maximum Gasteiger partial charge on any atom is 0.239 e. The summed E-state index contributed by atoms with van der Waals surface area (Å²) in [6.07, 6.45) is 2.77. The molecule has 0 aromatic rings. The molecule has 0 atom stereocenters. The van der Waals surface area contributed by atoms with Gasteiger partial charge < -0.3 is 10.6 Å². The Kier molecular flexibility index (Phi) is 9.48. The summed E-state index contributed by atoms with van der Waals surface area (Å²) in [5.41, 5.74) is 0. The zero-order valence-corrected chi connectivity index (χ0v) is 10.5. The first-order chi connectivity index (χ1) is 7.16. The van der Waals surface area contributed by atoms with Crippen LogP contribution in [0.2, 0.25) is 0 Å². The van der Waals surface area contributed by atoms with Crippen molar-refractivity contribution in [2.75, 3.05) is 24.6 Å². The van der Waals surface area contributed by atoms with Crippen LogP contribution in [0.4, 0.5) is 0 Å². The van der Waals surface area contributed by atoms with E-state index >= 15 is 0 Å². The Morgan fingerprint density at radius 2 is 2.20 bits per heavy atom. The molecule has 3 nitrogen and oxygen atoms in total. The number of carbonyl (C=O) groups excluding carboxylic acids is 1. The summed E-state index contributed by atoms with van der Waals surface area (Å²) < 4.78 is 0. The Bertz CT molecular complexity index is 183. The summed E-state index contributed by atoms with van der Waals surface area (Å²) in [4.78, 5) is 11.1. The lowest BCUT2D eigenvalue weighted by Gasteiger charge is -2.06. The SMILES string of the molecule is C=CNCC(=O)NCCSCCC(C)C. The third-order valence-corrected chi connectivity index (χ3v) is 2.83. The molecule has 0 aliphatic rings. The monoisotopic (exact) mass is 230 g/mol.